The summed E-state index contributed by atoms with van der Waals surface area (Å²) in [7, 11) is 2.06. The number of hydrogen-bond donors (Lipinski definition) is 1. The minimum absolute atomic E-state index is 0.207. The van der Waals surface area contributed by atoms with E-state index in [0.29, 0.717) is 12.1 Å². The van der Waals surface area contributed by atoms with Crippen LogP contribution < -0.4 is 4.90 Å². The summed E-state index contributed by atoms with van der Waals surface area (Å²) in [6, 6.07) is 15.6. The third kappa shape index (κ3) is 4.97. The number of esters is 1. The number of carbonyl (C=O) groups is 1. The zero-order valence-electron chi connectivity index (χ0n) is 12.9. The molecule has 0 aliphatic carbocycles. The summed E-state index contributed by atoms with van der Waals surface area (Å²) in [5, 5.41) is 0. The van der Waals surface area contributed by atoms with Crippen molar-refractivity contribution in [3.63, 3.8) is 0 Å². The molecule has 22 heavy (non-hydrogen) atoms. The van der Waals surface area contributed by atoms with Gasteiger partial charge in [-0.05, 0) is 31.2 Å². The van der Waals surface area contributed by atoms with Crippen molar-refractivity contribution in [3.05, 3.63) is 71.5 Å². The van der Waals surface area contributed by atoms with Crippen LogP contribution in [0.25, 0.3) is 0 Å². The molecule has 0 fully saturated rings. The Morgan fingerprint density at radius 2 is 1.77 bits per heavy atom. The normalized spacial score (nSPS) is 13.4. The molecule has 3 nitrogen and oxygen atoms in total. The SMILES string of the molecule is C[C@@H](C[NH+](C)Cc1ccccc1)OC(=O)c1ccc(F)cc1. The quantitative estimate of drug-likeness (QED) is 0.828. The topological polar surface area (TPSA) is 30.7 Å². The Morgan fingerprint density at radius 3 is 2.41 bits per heavy atom. The van der Waals surface area contributed by atoms with E-state index in [1.165, 1.54) is 34.7 Å². The smallest absolute Gasteiger partial charge is 0.338 e. The van der Waals surface area contributed by atoms with Gasteiger partial charge in [0.05, 0.1) is 12.6 Å². The summed E-state index contributed by atoms with van der Waals surface area (Å²) in [6.45, 7) is 3.46. The maximum atomic E-state index is 12.8. The van der Waals surface area contributed by atoms with E-state index in [4.69, 9.17) is 4.74 Å². The first-order valence-corrected chi connectivity index (χ1v) is 7.36. The van der Waals surface area contributed by atoms with Gasteiger partial charge >= 0.3 is 5.97 Å². The largest absolute Gasteiger partial charge is 0.453 e. The van der Waals surface area contributed by atoms with Crippen molar-refractivity contribution in [2.45, 2.75) is 19.6 Å². The lowest BCUT2D eigenvalue weighted by Gasteiger charge is -2.19. The first kappa shape index (κ1) is 16.2. The van der Waals surface area contributed by atoms with Crippen LogP contribution in [0.3, 0.4) is 0 Å². The van der Waals surface area contributed by atoms with Gasteiger partial charge in [0.2, 0.25) is 0 Å². The van der Waals surface area contributed by atoms with Crippen LogP contribution in [0.4, 0.5) is 4.39 Å². The Balaban J connectivity index is 1.83. The molecule has 116 valence electrons. The van der Waals surface area contributed by atoms with Gasteiger partial charge in [-0.3, -0.25) is 0 Å². The molecule has 0 heterocycles. The molecule has 0 aromatic heterocycles. The Hall–Kier alpha value is -2.20. The molecule has 0 saturated carbocycles. The van der Waals surface area contributed by atoms with Crippen molar-refractivity contribution in [1.29, 1.82) is 0 Å². The maximum Gasteiger partial charge on any atom is 0.338 e. The fraction of sp³-hybridized carbons (Fsp3) is 0.278. The first-order chi connectivity index (χ1) is 10.5. The predicted molar refractivity (Wildman–Crippen MR) is 83.2 cm³/mol. The lowest BCUT2D eigenvalue weighted by atomic mass is 10.2. The van der Waals surface area contributed by atoms with E-state index in [9.17, 15) is 9.18 Å². The predicted octanol–water partition coefficient (Wildman–Crippen LogP) is 2.09. The number of halogens is 1. The van der Waals surface area contributed by atoms with E-state index < -0.39 is 5.97 Å². The summed E-state index contributed by atoms with van der Waals surface area (Å²) < 4.78 is 18.2. The number of hydrogen-bond acceptors (Lipinski definition) is 2. The molecule has 0 radical (unpaired) electrons. The number of quaternary nitrogens is 1. The zero-order valence-corrected chi connectivity index (χ0v) is 12.9. The molecule has 4 heteroatoms. The average Bonchev–Trinajstić information content (AvgIpc) is 2.48. The average molecular weight is 302 g/mol. The highest BCUT2D eigenvalue weighted by Gasteiger charge is 2.16. The Morgan fingerprint density at radius 1 is 1.14 bits per heavy atom. The first-order valence-electron chi connectivity index (χ1n) is 7.36. The van der Waals surface area contributed by atoms with E-state index in [1.54, 1.807) is 0 Å². The highest BCUT2D eigenvalue weighted by Crippen LogP contribution is 2.06. The number of ether oxygens (including phenoxy) is 1. The third-order valence-electron chi connectivity index (χ3n) is 3.37. The van der Waals surface area contributed by atoms with Gasteiger partial charge in [0.15, 0.2) is 0 Å². The summed E-state index contributed by atoms with van der Waals surface area (Å²) in [5.74, 6) is -0.781. The van der Waals surface area contributed by atoms with Crippen LogP contribution in [0.15, 0.2) is 54.6 Å². The van der Waals surface area contributed by atoms with Gasteiger partial charge in [-0.1, -0.05) is 30.3 Å². The van der Waals surface area contributed by atoms with Crippen molar-refractivity contribution in [1.82, 2.24) is 0 Å². The lowest BCUT2D eigenvalue weighted by molar-refractivity contribution is -0.896. The highest BCUT2D eigenvalue weighted by molar-refractivity contribution is 5.89. The van der Waals surface area contributed by atoms with Crippen LogP contribution >= 0.6 is 0 Å². The van der Waals surface area contributed by atoms with Crippen molar-refractivity contribution in [2.24, 2.45) is 0 Å². The molecule has 0 amide bonds. The van der Waals surface area contributed by atoms with Crippen molar-refractivity contribution >= 4 is 5.97 Å². The molecule has 0 aliphatic heterocycles. The second-order valence-electron chi connectivity index (χ2n) is 5.55. The third-order valence-corrected chi connectivity index (χ3v) is 3.37. The minimum atomic E-state index is -0.417. The molecule has 1 unspecified atom stereocenters. The summed E-state index contributed by atoms with van der Waals surface area (Å²) in [6.07, 6.45) is -0.207. The van der Waals surface area contributed by atoms with Crippen LogP contribution in [-0.2, 0) is 11.3 Å². The van der Waals surface area contributed by atoms with E-state index in [0.717, 1.165) is 6.54 Å². The van der Waals surface area contributed by atoms with Gasteiger partial charge in [-0.25, -0.2) is 9.18 Å². The number of carbonyl (C=O) groups excluding carboxylic acids is 1. The van der Waals surface area contributed by atoms with Crippen molar-refractivity contribution < 1.29 is 18.8 Å². The summed E-state index contributed by atoms with van der Waals surface area (Å²) in [5.41, 5.74) is 1.62. The standard InChI is InChI=1S/C18H20FNO2/c1-14(12-20(2)13-15-6-4-3-5-7-15)22-18(21)16-8-10-17(19)11-9-16/h3-11,14H,12-13H2,1-2H3/p+1/t14-/m0/s1. The molecule has 0 bridgehead atoms. The number of benzene rings is 2. The second kappa shape index (κ2) is 7.71. The van der Waals surface area contributed by atoms with Gasteiger partial charge in [-0.15, -0.1) is 0 Å². The Labute approximate surface area is 130 Å². The van der Waals surface area contributed by atoms with Crippen molar-refractivity contribution in [2.75, 3.05) is 13.6 Å². The fourth-order valence-corrected chi connectivity index (χ4v) is 2.39. The lowest BCUT2D eigenvalue weighted by Crippen LogP contribution is -3.08. The molecular formula is C18H21FNO2+. The van der Waals surface area contributed by atoms with Gasteiger partial charge in [0, 0.05) is 5.56 Å². The van der Waals surface area contributed by atoms with Crippen LogP contribution in [0.5, 0.6) is 0 Å². The number of likely N-dealkylation sites (N-methyl/N-ethyl adjacent to an activating group) is 1. The number of nitrogens with one attached hydrogen (secondary N) is 1. The van der Waals surface area contributed by atoms with E-state index in [-0.39, 0.29) is 11.9 Å². The fourth-order valence-electron chi connectivity index (χ4n) is 2.39. The molecule has 1 N–H and O–H groups in total. The molecule has 2 rings (SSSR count). The molecule has 0 saturated heterocycles. The molecule has 2 aromatic rings. The second-order valence-corrected chi connectivity index (χ2v) is 5.55. The van der Waals surface area contributed by atoms with Gasteiger partial charge in [0.1, 0.15) is 25.0 Å². The molecule has 2 aromatic carbocycles. The number of rotatable bonds is 6. The van der Waals surface area contributed by atoms with Gasteiger partial charge in [-0.2, -0.15) is 0 Å². The Kier molecular flexibility index (Phi) is 5.67. The monoisotopic (exact) mass is 302 g/mol. The summed E-state index contributed by atoms with van der Waals surface area (Å²) in [4.78, 5) is 13.2. The van der Waals surface area contributed by atoms with Crippen molar-refractivity contribution in [3.8, 4) is 0 Å². The molecule has 2 atom stereocenters. The minimum Gasteiger partial charge on any atom is -0.453 e. The van der Waals surface area contributed by atoms with Gasteiger partial charge in [0.25, 0.3) is 0 Å². The van der Waals surface area contributed by atoms with Crippen LogP contribution in [-0.4, -0.2) is 25.7 Å². The van der Waals surface area contributed by atoms with E-state index >= 15 is 0 Å². The molecule has 0 spiro atoms. The maximum absolute atomic E-state index is 12.8. The zero-order chi connectivity index (χ0) is 15.9. The Bertz CT molecular complexity index is 598. The molecular weight excluding hydrogens is 281 g/mol. The highest BCUT2D eigenvalue weighted by atomic mass is 19.1. The summed E-state index contributed by atoms with van der Waals surface area (Å²) >= 11 is 0. The van der Waals surface area contributed by atoms with Crippen LogP contribution in [0, 0.1) is 5.82 Å². The van der Waals surface area contributed by atoms with Crippen LogP contribution in [0.2, 0.25) is 0 Å². The van der Waals surface area contributed by atoms with Crippen LogP contribution in [0.1, 0.15) is 22.8 Å². The van der Waals surface area contributed by atoms with Gasteiger partial charge < -0.3 is 9.64 Å². The van der Waals surface area contributed by atoms with E-state index in [1.807, 2.05) is 25.1 Å². The molecule has 0 aliphatic rings. The van der Waals surface area contributed by atoms with E-state index in [2.05, 4.69) is 19.2 Å².